The molecule has 246 valence electrons. The van der Waals surface area contributed by atoms with E-state index < -0.39 is 5.41 Å². The van der Waals surface area contributed by atoms with Crippen LogP contribution in [-0.2, 0) is 5.41 Å². The molecule has 0 bridgehead atoms. The van der Waals surface area contributed by atoms with Crippen LogP contribution in [0.2, 0.25) is 0 Å². The van der Waals surface area contributed by atoms with Gasteiger partial charge in [0.2, 0.25) is 0 Å². The molecule has 0 saturated heterocycles. The summed E-state index contributed by atoms with van der Waals surface area (Å²) in [5.74, 6) is 0. The maximum atomic E-state index is 3.61. The largest absolute Gasteiger partial charge is 0.381 e. The van der Waals surface area contributed by atoms with Gasteiger partial charge in [-0.2, -0.15) is 0 Å². The van der Waals surface area contributed by atoms with E-state index in [-0.39, 0.29) is 0 Å². The molecule has 4 heterocycles. The summed E-state index contributed by atoms with van der Waals surface area (Å²) in [4.78, 5) is 5.24. The number of para-hydroxylation sites is 2. The van der Waals surface area contributed by atoms with Gasteiger partial charge in [-0.05, 0) is 87.5 Å². The number of benzene rings is 7. The van der Waals surface area contributed by atoms with Crippen LogP contribution in [0, 0.1) is 0 Å². The van der Waals surface area contributed by atoms with Crippen LogP contribution in [0.1, 0.15) is 27.8 Å². The summed E-state index contributed by atoms with van der Waals surface area (Å²) in [6.45, 7) is 0.840. The Balaban J connectivity index is 1.21. The third kappa shape index (κ3) is 4.28. The van der Waals surface area contributed by atoms with Gasteiger partial charge in [-0.1, -0.05) is 151 Å². The molecule has 1 aromatic heterocycles. The second kappa shape index (κ2) is 11.7. The van der Waals surface area contributed by atoms with Gasteiger partial charge in [0, 0.05) is 48.3 Å². The molecule has 52 heavy (non-hydrogen) atoms. The van der Waals surface area contributed by atoms with E-state index in [0.29, 0.717) is 0 Å². The van der Waals surface area contributed by atoms with Gasteiger partial charge >= 0.3 is 0 Å². The summed E-state index contributed by atoms with van der Waals surface area (Å²) in [7, 11) is 0. The normalized spacial score (nSPS) is 15.0. The first-order valence-electron chi connectivity index (χ1n) is 17.8. The van der Waals surface area contributed by atoms with Gasteiger partial charge in [0.1, 0.15) is 0 Å². The van der Waals surface area contributed by atoms with Crippen molar-refractivity contribution >= 4 is 51.0 Å². The Morgan fingerprint density at radius 3 is 2.02 bits per heavy atom. The second-order valence-corrected chi connectivity index (χ2v) is 15.8. The van der Waals surface area contributed by atoms with Gasteiger partial charge in [0.25, 0.3) is 0 Å². The van der Waals surface area contributed by atoms with Crippen LogP contribution < -0.4 is 5.32 Å². The Bertz CT molecular complexity index is 2760. The first kappa shape index (κ1) is 30.0. The van der Waals surface area contributed by atoms with E-state index in [9.17, 15) is 0 Å². The van der Waals surface area contributed by atoms with Crippen molar-refractivity contribution in [3.05, 3.63) is 204 Å². The predicted octanol–water partition coefficient (Wildman–Crippen LogP) is 12.3. The smallest absolute Gasteiger partial charge is 0.0745 e. The Morgan fingerprint density at radius 2 is 1.21 bits per heavy atom. The quantitative estimate of drug-likeness (QED) is 0.198. The average molecular weight is 701 g/mol. The number of fused-ring (bicyclic) bond motifs is 11. The lowest BCUT2D eigenvalue weighted by Gasteiger charge is -2.46. The Labute approximate surface area is 311 Å². The van der Waals surface area contributed by atoms with Crippen LogP contribution in [0.3, 0.4) is 0 Å². The molecule has 4 heteroatoms. The van der Waals surface area contributed by atoms with Gasteiger partial charge in [-0.3, -0.25) is 0 Å². The predicted molar refractivity (Wildman–Crippen MR) is 218 cm³/mol. The maximum absolute atomic E-state index is 3.61. The molecule has 0 aliphatic carbocycles. The van der Waals surface area contributed by atoms with Crippen molar-refractivity contribution < 1.29 is 0 Å². The van der Waals surface area contributed by atoms with Crippen molar-refractivity contribution in [2.75, 3.05) is 6.54 Å². The van der Waals surface area contributed by atoms with Crippen molar-refractivity contribution in [3.8, 4) is 16.8 Å². The molecule has 0 radical (unpaired) electrons. The molecule has 0 unspecified atom stereocenters. The lowest BCUT2D eigenvalue weighted by molar-refractivity contribution is 0.667. The molecule has 0 atom stereocenters. The first-order chi connectivity index (χ1) is 25.8. The van der Waals surface area contributed by atoms with Crippen LogP contribution in [0.5, 0.6) is 0 Å². The van der Waals surface area contributed by atoms with Gasteiger partial charge in [0.05, 0.1) is 16.4 Å². The lowest BCUT2D eigenvalue weighted by atomic mass is 9.64. The number of nitrogens with zero attached hydrogens (tertiary/aromatic N) is 1. The summed E-state index contributed by atoms with van der Waals surface area (Å²) >= 11 is 3.82. The molecular formula is C48H32N2S2. The topological polar surface area (TPSA) is 17.0 Å². The highest BCUT2D eigenvalue weighted by molar-refractivity contribution is 8.00. The summed E-state index contributed by atoms with van der Waals surface area (Å²) < 4.78 is 2.42. The van der Waals surface area contributed by atoms with E-state index in [0.717, 1.165) is 6.54 Å². The van der Waals surface area contributed by atoms with E-state index in [1.807, 2.05) is 23.5 Å². The average Bonchev–Trinajstić information content (AvgIpc) is 3.54. The zero-order valence-electron chi connectivity index (χ0n) is 28.2. The highest BCUT2D eigenvalue weighted by Gasteiger charge is 2.49. The standard InChI is InChI=1S/C48H32N2S2/c1-2-13-33(14-3-1)50-42-21-7-4-15-35(42)36-26-24-31(29-43(36)50)34-16-12-19-40-47(34)52-46-30-32(41-20-10-11-28-49-41)25-27-39(46)48(40)37-17-5-8-22-44(37)51-45-23-9-6-18-38(45)48/h1-27,29-30,49H,28H2. The van der Waals surface area contributed by atoms with Gasteiger partial charge in [-0.15, -0.1) is 0 Å². The Kier molecular flexibility index (Phi) is 6.73. The molecule has 0 amide bonds. The van der Waals surface area contributed by atoms with E-state index in [4.69, 9.17) is 0 Å². The molecule has 3 aliphatic heterocycles. The minimum absolute atomic E-state index is 0.472. The summed E-state index contributed by atoms with van der Waals surface area (Å²) in [5.41, 5.74) is 13.4. The second-order valence-electron chi connectivity index (χ2n) is 13.6. The minimum atomic E-state index is -0.472. The fraction of sp³-hybridized carbons (Fsp3) is 0.0417. The number of allylic oxidation sites excluding steroid dienone is 2. The van der Waals surface area contributed by atoms with Crippen molar-refractivity contribution in [2.24, 2.45) is 0 Å². The molecule has 8 aromatic rings. The van der Waals surface area contributed by atoms with E-state index in [2.05, 4.69) is 186 Å². The number of nitrogens with one attached hydrogen (secondary N) is 1. The van der Waals surface area contributed by atoms with Crippen molar-refractivity contribution in [2.45, 2.75) is 25.0 Å². The number of hydrogen-bond acceptors (Lipinski definition) is 3. The van der Waals surface area contributed by atoms with Gasteiger partial charge in [0.15, 0.2) is 0 Å². The molecule has 2 nitrogen and oxygen atoms in total. The minimum Gasteiger partial charge on any atom is -0.381 e. The van der Waals surface area contributed by atoms with E-state index in [1.54, 1.807) is 0 Å². The third-order valence-electron chi connectivity index (χ3n) is 10.9. The molecule has 7 aromatic carbocycles. The SMILES string of the molecule is C1=CCNC(c2ccc3c(c2)Sc2c(-c4ccc5c6ccccc6n(-c6ccccc6)c5c4)cccc2C32c3ccccc3Sc3ccccc32)=C1. The van der Waals surface area contributed by atoms with Gasteiger partial charge < -0.3 is 9.88 Å². The monoisotopic (exact) mass is 700 g/mol. The third-order valence-corrected chi connectivity index (χ3v) is 13.3. The Morgan fingerprint density at radius 1 is 0.519 bits per heavy atom. The van der Waals surface area contributed by atoms with Crippen LogP contribution in [0.4, 0.5) is 0 Å². The number of aromatic nitrogens is 1. The molecule has 3 aliphatic rings. The number of dihydropyridines is 1. The molecule has 1 N–H and O–H groups in total. The summed E-state index contributed by atoms with van der Waals surface area (Å²) in [6, 6.07) is 58.9. The zero-order valence-corrected chi connectivity index (χ0v) is 29.8. The Hall–Kier alpha value is -5.68. The zero-order chi connectivity index (χ0) is 34.2. The number of rotatable bonds is 3. The fourth-order valence-electron chi connectivity index (χ4n) is 8.74. The van der Waals surface area contributed by atoms with Crippen molar-refractivity contribution in [3.63, 3.8) is 0 Å². The van der Waals surface area contributed by atoms with Crippen LogP contribution in [0.25, 0.3) is 44.3 Å². The van der Waals surface area contributed by atoms with E-state index >= 15 is 0 Å². The molecule has 0 saturated carbocycles. The van der Waals surface area contributed by atoms with Crippen LogP contribution in [0.15, 0.2) is 196 Å². The fourth-order valence-corrected chi connectivity index (χ4v) is 11.3. The summed E-state index contributed by atoms with van der Waals surface area (Å²) in [6.07, 6.45) is 6.51. The highest BCUT2D eigenvalue weighted by Crippen LogP contribution is 2.63. The maximum Gasteiger partial charge on any atom is 0.0745 e. The first-order valence-corrected chi connectivity index (χ1v) is 19.5. The van der Waals surface area contributed by atoms with Crippen molar-refractivity contribution in [1.82, 2.24) is 9.88 Å². The van der Waals surface area contributed by atoms with Crippen LogP contribution in [-0.4, -0.2) is 11.1 Å². The summed E-state index contributed by atoms with van der Waals surface area (Å²) in [5, 5.41) is 6.14. The molecule has 1 spiro atoms. The lowest BCUT2D eigenvalue weighted by Crippen LogP contribution is -2.37. The van der Waals surface area contributed by atoms with Crippen molar-refractivity contribution in [1.29, 1.82) is 0 Å². The van der Waals surface area contributed by atoms with Gasteiger partial charge in [-0.25, -0.2) is 0 Å². The number of hydrogen-bond donors (Lipinski definition) is 1. The molecule has 11 rings (SSSR count). The van der Waals surface area contributed by atoms with E-state index in [1.165, 1.54) is 91.7 Å². The molecular weight excluding hydrogens is 669 g/mol. The highest BCUT2D eigenvalue weighted by atomic mass is 32.2. The van der Waals surface area contributed by atoms with Crippen LogP contribution >= 0.6 is 23.5 Å². The molecule has 0 fully saturated rings.